The largest absolute Gasteiger partial charge is 0.496 e. The molecule has 2 aliphatic carbocycles. The number of carbonyl (C=O) groups is 2. The van der Waals surface area contributed by atoms with E-state index in [0.717, 1.165) is 88.9 Å². The van der Waals surface area contributed by atoms with Crippen molar-refractivity contribution in [2.24, 2.45) is 0 Å². The van der Waals surface area contributed by atoms with E-state index in [-0.39, 0.29) is 61.2 Å². The van der Waals surface area contributed by atoms with Crippen molar-refractivity contribution >= 4 is 36.6 Å². The second-order valence-corrected chi connectivity index (χ2v) is 11.8. The number of ether oxygens (including phenoxy) is 2. The zero-order valence-electron chi connectivity index (χ0n) is 25.7. The Labute approximate surface area is 268 Å². The second kappa shape index (κ2) is 16.5. The van der Waals surface area contributed by atoms with Crippen LogP contribution in [-0.2, 0) is 4.79 Å². The molecule has 2 amide bonds. The molecule has 0 unspecified atom stereocenters. The molecule has 2 N–H and O–H groups in total. The number of methoxy groups -OCH3 is 2. The number of nitrogens with one attached hydrogen (secondary N) is 2. The molecule has 12 heteroatoms. The van der Waals surface area contributed by atoms with Crippen LogP contribution < -0.4 is 20.1 Å². The number of benzene rings is 1. The molecule has 2 aromatic rings. The molecule has 3 aliphatic rings. The van der Waals surface area contributed by atoms with E-state index in [0.29, 0.717) is 23.6 Å². The van der Waals surface area contributed by atoms with Gasteiger partial charge in [-0.25, -0.2) is 0 Å². The molecular formula is C31H48Cl2N6O4. The lowest BCUT2D eigenvalue weighted by Gasteiger charge is -2.33. The predicted molar refractivity (Wildman–Crippen MR) is 173 cm³/mol. The van der Waals surface area contributed by atoms with Crippen LogP contribution in [0, 0.1) is 0 Å². The number of hydrogen-bond donors (Lipinski definition) is 2. The van der Waals surface area contributed by atoms with Crippen molar-refractivity contribution in [2.45, 2.75) is 75.9 Å². The van der Waals surface area contributed by atoms with Crippen molar-refractivity contribution in [1.82, 2.24) is 30.2 Å². The topological polar surface area (TPSA) is 101 Å². The fraction of sp³-hybridized carbons (Fsp3) is 0.645. The first-order valence-corrected chi connectivity index (χ1v) is 15.3. The van der Waals surface area contributed by atoms with Crippen LogP contribution in [0.15, 0.2) is 24.3 Å². The molecular weight excluding hydrogens is 591 g/mol. The molecule has 0 radical (unpaired) electrons. The van der Waals surface area contributed by atoms with Crippen LogP contribution in [-0.4, -0.2) is 97.5 Å². The summed E-state index contributed by atoms with van der Waals surface area (Å²) in [4.78, 5) is 31.4. The molecule has 0 spiro atoms. The number of halogens is 2. The molecule has 10 nitrogen and oxygen atoms in total. The van der Waals surface area contributed by atoms with Crippen LogP contribution in [0.2, 0.25) is 0 Å². The lowest BCUT2D eigenvalue weighted by molar-refractivity contribution is -0.122. The maximum atomic E-state index is 13.7. The summed E-state index contributed by atoms with van der Waals surface area (Å²) >= 11 is 0. The number of aromatic nitrogens is 2. The predicted octanol–water partition coefficient (Wildman–Crippen LogP) is 4.32. The Balaban J connectivity index is 0.00000253. The van der Waals surface area contributed by atoms with E-state index >= 15 is 0 Å². The first-order valence-electron chi connectivity index (χ1n) is 15.3. The summed E-state index contributed by atoms with van der Waals surface area (Å²) in [5.74, 6) is 1.10. The van der Waals surface area contributed by atoms with Gasteiger partial charge in [0.25, 0.3) is 5.91 Å². The van der Waals surface area contributed by atoms with Gasteiger partial charge in [0.05, 0.1) is 31.5 Å². The standard InChI is InChI=1S/C31H46N6O4.2ClH/c1-35-16-18-36(19-17-35)15-14-23(20-29(38)32-22-8-6-9-22)33-31(39)25-21-26(37(34-25)24-10-4-5-11-24)30-27(40-2)12-7-13-28(30)41-3;;/h7,12-13,21-24H,4-6,8-11,14-20H2,1-3H3,(H,32,38)(H,33,39);2*1H/t23-;;/m0../s1. The third kappa shape index (κ3) is 8.77. The van der Waals surface area contributed by atoms with E-state index in [2.05, 4.69) is 27.5 Å². The minimum atomic E-state index is -0.275. The van der Waals surface area contributed by atoms with Crippen molar-refractivity contribution in [3.8, 4) is 22.8 Å². The Morgan fingerprint density at radius 2 is 1.63 bits per heavy atom. The van der Waals surface area contributed by atoms with E-state index in [9.17, 15) is 9.59 Å². The molecule has 1 aromatic heterocycles. The number of amides is 2. The summed E-state index contributed by atoms with van der Waals surface area (Å²) in [6.45, 7) is 4.91. The van der Waals surface area contributed by atoms with E-state index in [1.165, 1.54) is 0 Å². The molecule has 0 bridgehead atoms. The molecule has 3 fully saturated rings. The molecule has 1 saturated heterocycles. The fourth-order valence-electron chi connectivity index (χ4n) is 6.18. The van der Waals surface area contributed by atoms with Gasteiger partial charge in [0.1, 0.15) is 11.5 Å². The molecule has 5 rings (SSSR count). The van der Waals surface area contributed by atoms with Gasteiger partial charge < -0.3 is 29.9 Å². The van der Waals surface area contributed by atoms with Crippen molar-refractivity contribution in [3.63, 3.8) is 0 Å². The first-order chi connectivity index (χ1) is 19.9. The number of rotatable bonds is 12. The van der Waals surface area contributed by atoms with Crippen LogP contribution >= 0.6 is 24.8 Å². The van der Waals surface area contributed by atoms with Gasteiger partial charge in [-0.1, -0.05) is 18.9 Å². The van der Waals surface area contributed by atoms with Gasteiger partial charge in [-0.2, -0.15) is 5.10 Å². The van der Waals surface area contributed by atoms with E-state index in [4.69, 9.17) is 14.6 Å². The van der Waals surface area contributed by atoms with Crippen LogP contribution in [0.1, 0.15) is 74.3 Å². The number of carbonyl (C=O) groups excluding carboxylic acids is 2. The van der Waals surface area contributed by atoms with E-state index < -0.39 is 0 Å². The third-order valence-electron chi connectivity index (χ3n) is 8.95. The lowest BCUT2D eigenvalue weighted by atomic mass is 9.93. The molecule has 2 heterocycles. The fourth-order valence-corrected chi connectivity index (χ4v) is 6.18. The van der Waals surface area contributed by atoms with Crippen LogP contribution in [0.25, 0.3) is 11.3 Å². The zero-order valence-corrected chi connectivity index (χ0v) is 27.3. The van der Waals surface area contributed by atoms with Gasteiger partial charge in [-0.3, -0.25) is 14.3 Å². The summed E-state index contributed by atoms with van der Waals surface area (Å²) in [7, 11) is 5.42. The number of hydrogen-bond acceptors (Lipinski definition) is 7. The first kappa shape index (κ1) is 35.0. The minimum absolute atomic E-state index is 0. The second-order valence-electron chi connectivity index (χ2n) is 11.8. The molecule has 240 valence electrons. The summed E-state index contributed by atoms with van der Waals surface area (Å²) in [5.41, 5.74) is 1.96. The normalized spacial score (nSPS) is 18.6. The lowest BCUT2D eigenvalue weighted by Crippen LogP contribution is -2.47. The molecule has 1 atom stereocenters. The monoisotopic (exact) mass is 638 g/mol. The highest BCUT2D eigenvalue weighted by Crippen LogP contribution is 2.41. The Bertz CT molecular complexity index is 1170. The third-order valence-corrected chi connectivity index (χ3v) is 8.95. The summed E-state index contributed by atoms with van der Waals surface area (Å²) < 4.78 is 13.4. The molecule has 1 aromatic carbocycles. The number of piperazine rings is 1. The Morgan fingerprint density at radius 3 is 2.21 bits per heavy atom. The number of likely N-dealkylation sites (N-methyl/N-ethyl adjacent to an activating group) is 1. The number of nitrogens with zero attached hydrogens (tertiary/aromatic N) is 4. The molecule has 2 saturated carbocycles. The Morgan fingerprint density at radius 1 is 0.977 bits per heavy atom. The van der Waals surface area contributed by atoms with Gasteiger partial charge in [0, 0.05) is 51.2 Å². The van der Waals surface area contributed by atoms with Gasteiger partial charge in [0.15, 0.2) is 5.69 Å². The SMILES string of the molecule is COc1cccc(OC)c1-c1cc(C(=O)N[C@@H](CCN2CCN(C)CC2)CC(=O)NC2CCC2)nn1C1CCCC1.Cl.Cl. The van der Waals surface area contributed by atoms with Crippen molar-refractivity contribution in [2.75, 3.05) is 54.0 Å². The van der Waals surface area contributed by atoms with Gasteiger partial charge in [-0.15, -0.1) is 24.8 Å². The average Bonchev–Trinajstić information content (AvgIpc) is 3.64. The van der Waals surface area contributed by atoms with Crippen molar-refractivity contribution < 1.29 is 19.1 Å². The smallest absolute Gasteiger partial charge is 0.272 e. The summed E-state index contributed by atoms with van der Waals surface area (Å²) in [5, 5.41) is 11.2. The van der Waals surface area contributed by atoms with Crippen molar-refractivity contribution in [1.29, 1.82) is 0 Å². The summed E-state index contributed by atoms with van der Waals surface area (Å²) in [6, 6.07) is 7.75. The summed E-state index contributed by atoms with van der Waals surface area (Å²) in [6.07, 6.45) is 8.53. The highest BCUT2D eigenvalue weighted by Gasteiger charge is 2.29. The minimum Gasteiger partial charge on any atom is -0.496 e. The average molecular weight is 640 g/mol. The van der Waals surface area contributed by atoms with E-state index in [1.807, 2.05) is 28.9 Å². The van der Waals surface area contributed by atoms with Gasteiger partial charge in [-0.05, 0) is 63.8 Å². The van der Waals surface area contributed by atoms with Crippen molar-refractivity contribution in [3.05, 3.63) is 30.0 Å². The van der Waals surface area contributed by atoms with Crippen LogP contribution in [0.4, 0.5) is 0 Å². The zero-order chi connectivity index (χ0) is 28.8. The maximum Gasteiger partial charge on any atom is 0.272 e. The quantitative estimate of drug-likeness (QED) is 0.357. The highest BCUT2D eigenvalue weighted by atomic mass is 35.5. The van der Waals surface area contributed by atoms with Gasteiger partial charge in [0.2, 0.25) is 5.91 Å². The Hall–Kier alpha value is -2.53. The highest BCUT2D eigenvalue weighted by molar-refractivity contribution is 5.94. The maximum absolute atomic E-state index is 13.7. The van der Waals surface area contributed by atoms with Gasteiger partial charge >= 0.3 is 0 Å². The van der Waals surface area contributed by atoms with Crippen LogP contribution in [0.3, 0.4) is 0 Å². The van der Waals surface area contributed by atoms with E-state index in [1.54, 1.807) is 14.2 Å². The molecule has 43 heavy (non-hydrogen) atoms. The Kier molecular flexibility index (Phi) is 13.4. The molecule has 1 aliphatic heterocycles. The van der Waals surface area contributed by atoms with Crippen LogP contribution in [0.5, 0.6) is 11.5 Å².